The molecule has 0 amide bonds. The van der Waals surface area contributed by atoms with Crippen molar-refractivity contribution in [3.05, 3.63) is 41.2 Å². The molecule has 112 valence electrons. The Labute approximate surface area is 123 Å². The van der Waals surface area contributed by atoms with Gasteiger partial charge in [0, 0.05) is 16.8 Å². The molecule has 1 nitrogen and oxygen atoms in total. The molecule has 0 aliphatic heterocycles. The van der Waals surface area contributed by atoms with Crippen molar-refractivity contribution in [3.8, 4) is 0 Å². The fourth-order valence-electron chi connectivity index (χ4n) is 2.80. The molecule has 0 aromatic heterocycles. The van der Waals surface area contributed by atoms with E-state index >= 15 is 0 Å². The van der Waals surface area contributed by atoms with Crippen LogP contribution in [0, 0.1) is 19.7 Å². The normalized spacial score (nSPS) is 11.5. The summed E-state index contributed by atoms with van der Waals surface area (Å²) in [6.07, 6.45) is 4.33. The van der Waals surface area contributed by atoms with Gasteiger partial charge in [-0.1, -0.05) is 33.3 Å². The Bertz CT molecular complexity index is 471. The maximum atomic E-state index is 14.1. The molecule has 20 heavy (non-hydrogen) atoms. The van der Waals surface area contributed by atoms with E-state index in [-0.39, 0.29) is 11.4 Å². The number of hydrogen-bond donors (Lipinski definition) is 1. The number of benzene rings is 1. The van der Waals surface area contributed by atoms with Gasteiger partial charge in [-0.25, -0.2) is 4.39 Å². The maximum Gasteiger partial charge on any atom is 0.132 e. The smallest absolute Gasteiger partial charge is 0.132 e. The molecule has 0 spiro atoms. The van der Waals surface area contributed by atoms with Crippen LogP contribution in [0.5, 0.6) is 0 Å². The summed E-state index contributed by atoms with van der Waals surface area (Å²) in [6, 6.07) is 3.48. The second-order valence-corrected chi connectivity index (χ2v) is 6.08. The van der Waals surface area contributed by atoms with Crippen molar-refractivity contribution in [2.75, 3.05) is 0 Å². The van der Waals surface area contributed by atoms with Crippen LogP contribution in [-0.4, -0.2) is 5.54 Å². The summed E-state index contributed by atoms with van der Waals surface area (Å²) in [4.78, 5) is 0. The van der Waals surface area contributed by atoms with Crippen molar-refractivity contribution >= 4 is 5.70 Å². The molecule has 1 aromatic rings. The number of nitrogens with one attached hydrogen (secondary N) is 1. The predicted molar refractivity (Wildman–Crippen MR) is 86.3 cm³/mol. The molecule has 1 N–H and O–H groups in total. The van der Waals surface area contributed by atoms with Gasteiger partial charge in [0.1, 0.15) is 5.82 Å². The fraction of sp³-hybridized carbons (Fsp3) is 0.556. The van der Waals surface area contributed by atoms with E-state index in [9.17, 15) is 4.39 Å². The van der Waals surface area contributed by atoms with Crippen LogP contribution >= 0.6 is 0 Å². The van der Waals surface area contributed by atoms with Gasteiger partial charge in [-0.05, 0) is 56.9 Å². The van der Waals surface area contributed by atoms with Crippen LogP contribution in [0.4, 0.5) is 4.39 Å². The van der Waals surface area contributed by atoms with Gasteiger partial charge in [0.15, 0.2) is 0 Å². The third-order valence-electron chi connectivity index (χ3n) is 3.96. The Kier molecular flexibility index (Phi) is 5.79. The van der Waals surface area contributed by atoms with Crippen LogP contribution in [0.2, 0.25) is 0 Å². The van der Waals surface area contributed by atoms with Crippen LogP contribution < -0.4 is 5.32 Å². The molecule has 0 bridgehead atoms. The molecule has 0 radical (unpaired) electrons. The molecule has 0 unspecified atom stereocenters. The molecule has 0 heterocycles. The lowest BCUT2D eigenvalue weighted by molar-refractivity contribution is 0.345. The van der Waals surface area contributed by atoms with Crippen LogP contribution in [0.15, 0.2) is 18.7 Å². The van der Waals surface area contributed by atoms with Gasteiger partial charge in [0.2, 0.25) is 0 Å². The Hall–Kier alpha value is -1.31. The average Bonchev–Trinajstić information content (AvgIpc) is 2.33. The minimum atomic E-state index is -0.194. The van der Waals surface area contributed by atoms with Crippen molar-refractivity contribution in [1.29, 1.82) is 0 Å². The Morgan fingerprint density at radius 3 is 2.15 bits per heavy atom. The fourth-order valence-corrected chi connectivity index (χ4v) is 2.80. The van der Waals surface area contributed by atoms with E-state index in [0.29, 0.717) is 11.3 Å². The van der Waals surface area contributed by atoms with Crippen molar-refractivity contribution in [1.82, 2.24) is 5.32 Å². The molecule has 0 saturated carbocycles. The van der Waals surface area contributed by atoms with Gasteiger partial charge < -0.3 is 5.32 Å². The summed E-state index contributed by atoms with van der Waals surface area (Å²) in [5.41, 5.74) is 3.34. The molecule has 2 heteroatoms. The minimum Gasteiger partial charge on any atom is -0.380 e. The molecule has 1 aromatic carbocycles. The van der Waals surface area contributed by atoms with Gasteiger partial charge in [0.05, 0.1) is 0 Å². The monoisotopic (exact) mass is 277 g/mol. The third kappa shape index (κ3) is 4.09. The lowest BCUT2D eigenvalue weighted by Crippen LogP contribution is -2.40. The number of aryl methyl sites for hydroxylation is 2. The second kappa shape index (κ2) is 6.92. The largest absolute Gasteiger partial charge is 0.380 e. The van der Waals surface area contributed by atoms with E-state index < -0.39 is 0 Å². The average molecular weight is 277 g/mol. The van der Waals surface area contributed by atoms with Gasteiger partial charge in [-0.3, -0.25) is 0 Å². The summed E-state index contributed by atoms with van der Waals surface area (Å²) in [7, 11) is 0. The van der Waals surface area contributed by atoms with Crippen molar-refractivity contribution in [2.24, 2.45) is 0 Å². The Morgan fingerprint density at radius 2 is 1.65 bits per heavy atom. The lowest BCUT2D eigenvalue weighted by atomic mass is 9.90. The molecule has 0 fully saturated rings. The molecule has 1 rings (SSSR count). The van der Waals surface area contributed by atoms with E-state index in [1.54, 1.807) is 6.07 Å². The second-order valence-electron chi connectivity index (χ2n) is 6.08. The molecule has 0 aliphatic rings. The highest BCUT2D eigenvalue weighted by molar-refractivity contribution is 5.64. The molecular formula is C18H28FN. The molecule has 0 saturated heterocycles. The highest BCUT2D eigenvalue weighted by Gasteiger charge is 2.23. The molecule has 0 atom stereocenters. The highest BCUT2D eigenvalue weighted by atomic mass is 19.1. The topological polar surface area (TPSA) is 12.0 Å². The van der Waals surface area contributed by atoms with Crippen molar-refractivity contribution in [2.45, 2.75) is 65.8 Å². The van der Waals surface area contributed by atoms with Crippen LogP contribution in [-0.2, 0) is 0 Å². The lowest BCUT2D eigenvalue weighted by Gasteiger charge is -2.33. The zero-order valence-electron chi connectivity index (χ0n) is 13.6. The molecular weight excluding hydrogens is 249 g/mol. The maximum absolute atomic E-state index is 14.1. The number of halogens is 1. The van der Waals surface area contributed by atoms with Crippen LogP contribution in [0.25, 0.3) is 5.70 Å². The summed E-state index contributed by atoms with van der Waals surface area (Å²) in [5.74, 6) is -0.194. The van der Waals surface area contributed by atoms with Crippen LogP contribution in [0.3, 0.4) is 0 Å². The van der Waals surface area contributed by atoms with E-state index in [1.165, 1.54) is 0 Å². The Balaban J connectivity index is 2.97. The first-order valence-electron chi connectivity index (χ1n) is 7.57. The molecule has 0 aliphatic carbocycles. The third-order valence-corrected chi connectivity index (χ3v) is 3.96. The SMILES string of the molecule is C=C(NC(C)(CCC)CCC)c1cc(C)c(C)cc1F. The van der Waals surface area contributed by atoms with Gasteiger partial charge in [-0.2, -0.15) is 0 Å². The first kappa shape index (κ1) is 16.7. The quantitative estimate of drug-likeness (QED) is 0.707. The number of hydrogen-bond acceptors (Lipinski definition) is 1. The highest BCUT2D eigenvalue weighted by Crippen LogP contribution is 2.25. The van der Waals surface area contributed by atoms with Gasteiger partial charge in [-0.15, -0.1) is 0 Å². The van der Waals surface area contributed by atoms with Gasteiger partial charge in [0.25, 0.3) is 0 Å². The van der Waals surface area contributed by atoms with Crippen molar-refractivity contribution < 1.29 is 4.39 Å². The summed E-state index contributed by atoms with van der Waals surface area (Å²) < 4.78 is 14.1. The van der Waals surface area contributed by atoms with E-state index in [2.05, 4.69) is 32.7 Å². The van der Waals surface area contributed by atoms with E-state index in [4.69, 9.17) is 0 Å². The zero-order valence-corrected chi connectivity index (χ0v) is 13.6. The standard InChI is InChI=1S/C18H28FN/c1-7-9-18(6,10-8-2)20-15(5)16-11-13(3)14(4)12-17(16)19/h11-12,20H,5,7-10H2,1-4,6H3. The predicted octanol–water partition coefficient (Wildman–Crippen LogP) is 5.36. The zero-order chi connectivity index (χ0) is 15.3. The first-order chi connectivity index (χ1) is 9.33. The minimum absolute atomic E-state index is 0.00812. The number of rotatable bonds is 7. The summed E-state index contributed by atoms with van der Waals surface area (Å²) in [6.45, 7) is 14.5. The van der Waals surface area contributed by atoms with E-state index in [1.807, 2.05) is 19.9 Å². The Morgan fingerprint density at radius 1 is 1.15 bits per heavy atom. The van der Waals surface area contributed by atoms with Crippen LogP contribution in [0.1, 0.15) is 63.1 Å². The van der Waals surface area contributed by atoms with Crippen molar-refractivity contribution in [3.63, 3.8) is 0 Å². The summed E-state index contributed by atoms with van der Waals surface area (Å²) in [5, 5.41) is 3.46. The first-order valence-corrected chi connectivity index (χ1v) is 7.57. The van der Waals surface area contributed by atoms with Gasteiger partial charge >= 0.3 is 0 Å². The summed E-state index contributed by atoms with van der Waals surface area (Å²) >= 11 is 0. The van der Waals surface area contributed by atoms with E-state index in [0.717, 1.165) is 36.8 Å².